The highest BCUT2D eigenvalue weighted by molar-refractivity contribution is 7.89. The van der Waals surface area contributed by atoms with Crippen LogP contribution in [0.25, 0.3) is 0 Å². The lowest BCUT2D eigenvalue weighted by molar-refractivity contribution is 0.581. The van der Waals surface area contributed by atoms with Gasteiger partial charge < -0.3 is 5.73 Å². The molecule has 2 rings (SSSR count). The molecule has 1 aromatic heterocycles. The number of thiophene rings is 1. The fourth-order valence-electron chi connectivity index (χ4n) is 2.12. The smallest absolute Gasteiger partial charge is 0.241 e. The molecule has 1 aromatic carbocycles. The highest BCUT2D eigenvalue weighted by atomic mass is 32.2. The zero-order valence-corrected chi connectivity index (χ0v) is 13.9. The van der Waals surface area contributed by atoms with Crippen LogP contribution in [0.1, 0.15) is 27.8 Å². The van der Waals surface area contributed by atoms with Gasteiger partial charge in [-0.15, -0.1) is 11.3 Å². The van der Waals surface area contributed by atoms with Gasteiger partial charge >= 0.3 is 0 Å². The van der Waals surface area contributed by atoms with Gasteiger partial charge in [-0.3, -0.25) is 0 Å². The van der Waals surface area contributed by atoms with Gasteiger partial charge in [0.15, 0.2) is 0 Å². The van der Waals surface area contributed by atoms with E-state index in [1.54, 1.807) is 30.4 Å². The highest BCUT2D eigenvalue weighted by Crippen LogP contribution is 2.20. The van der Waals surface area contributed by atoms with Crippen LogP contribution in [0.5, 0.6) is 0 Å². The minimum absolute atomic E-state index is 0.303. The van der Waals surface area contributed by atoms with Gasteiger partial charge in [0.05, 0.1) is 4.90 Å². The summed E-state index contributed by atoms with van der Waals surface area (Å²) in [5, 5.41) is 0. The third-order valence-electron chi connectivity index (χ3n) is 3.41. The molecule has 0 saturated carbocycles. The number of nitrogens with two attached hydrogens (primary N) is 1. The molecule has 0 saturated heterocycles. The van der Waals surface area contributed by atoms with Gasteiger partial charge in [0.2, 0.25) is 10.0 Å². The topological polar surface area (TPSA) is 72.2 Å². The van der Waals surface area contributed by atoms with Crippen molar-refractivity contribution < 1.29 is 8.42 Å². The average Bonchev–Trinajstić information content (AvgIpc) is 2.93. The number of nitrogens with one attached hydrogen (secondary N) is 1. The van der Waals surface area contributed by atoms with Gasteiger partial charge in [0, 0.05) is 22.8 Å². The maximum atomic E-state index is 12.4. The monoisotopic (exact) mass is 324 g/mol. The molecule has 4 nitrogen and oxygen atoms in total. The lowest BCUT2D eigenvalue weighted by atomic mass is 10.1. The van der Waals surface area contributed by atoms with E-state index >= 15 is 0 Å². The van der Waals surface area contributed by atoms with E-state index in [0.717, 1.165) is 16.9 Å². The molecule has 3 N–H and O–H groups in total. The van der Waals surface area contributed by atoms with E-state index in [4.69, 9.17) is 5.73 Å². The lowest BCUT2D eigenvalue weighted by Crippen LogP contribution is -2.24. The molecule has 0 amide bonds. The van der Waals surface area contributed by atoms with Crippen LogP contribution in [0.15, 0.2) is 35.2 Å². The fraction of sp³-hybridized carbons (Fsp3) is 0.333. The van der Waals surface area contributed by atoms with Crippen molar-refractivity contribution in [2.24, 2.45) is 5.73 Å². The third kappa shape index (κ3) is 3.71. The van der Waals surface area contributed by atoms with Crippen molar-refractivity contribution in [3.05, 3.63) is 51.2 Å². The van der Waals surface area contributed by atoms with E-state index < -0.39 is 10.0 Å². The Morgan fingerprint density at radius 2 is 1.90 bits per heavy atom. The molecular weight excluding hydrogens is 304 g/mol. The Labute approximate surface area is 130 Å². The summed E-state index contributed by atoms with van der Waals surface area (Å²) in [5.74, 6) is 0. The summed E-state index contributed by atoms with van der Waals surface area (Å²) in [5.41, 5.74) is 7.20. The minimum atomic E-state index is -3.52. The van der Waals surface area contributed by atoms with E-state index in [1.807, 2.05) is 18.2 Å². The third-order valence-corrected chi connectivity index (χ3v) is 6.18. The largest absolute Gasteiger partial charge is 0.326 e. The zero-order valence-electron chi connectivity index (χ0n) is 12.2. The molecule has 114 valence electrons. The first-order valence-corrected chi connectivity index (χ1v) is 9.13. The van der Waals surface area contributed by atoms with Crippen molar-refractivity contribution in [3.63, 3.8) is 0 Å². The molecule has 2 aromatic rings. The SMILES string of the molecule is CCc1ccc(CNS(=O)(=O)c2cccc(CN)c2C)s1. The zero-order chi connectivity index (χ0) is 15.5. The van der Waals surface area contributed by atoms with Crippen LogP contribution in [-0.4, -0.2) is 8.42 Å². The molecule has 0 aliphatic carbocycles. The summed E-state index contributed by atoms with van der Waals surface area (Å²) in [6.07, 6.45) is 0.967. The van der Waals surface area contributed by atoms with E-state index in [0.29, 0.717) is 23.5 Å². The summed E-state index contributed by atoms with van der Waals surface area (Å²) in [6.45, 7) is 4.53. The first-order valence-electron chi connectivity index (χ1n) is 6.83. The van der Waals surface area contributed by atoms with Crippen LogP contribution < -0.4 is 10.5 Å². The molecule has 0 bridgehead atoms. The summed E-state index contributed by atoms with van der Waals surface area (Å²) < 4.78 is 27.5. The van der Waals surface area contributed by atoms with Crippen LogP contribution in [0.4, 0.5) is 0 Å². The van der Waals surface area contributed by atoms with Gasteiger partial charge in [0.1, 0.15) is 0 Å². The lowest BCUT2D eigenvalue weighted by Gasteiger charge is -2.11. The number of hydrogen-bond donors (Lipinski definition) is 2. The summed E-state index contributed by atoms with van der Waals surface area (Å²) in [4.78, 5) is 2.58. The van der Waals surface area contributed by atoms with Gasteiger partial charge in [-0.25, -0.2) is 13.1 Å². The quantitative estimate of drug-likeness (QED) is 0.858. The molecular formula is C15H20N2O2S2. The maximum absolute atomic E-state index is 12.4. The second-order valence-electron chi connectivity index (χ2n) is 4.79. The van der Waals surface area contributed by atoms with E-state index in [9.17, 15) is 8.42 Å². The molecule has 0 radical (unpaired) electrons. The Balaban J connectivity index is 2.18. The predicted octanol–water partition coefficient (Wildman–Crippen LogP) is 2.56. The van der Waals surface area contributed by atoms with Crippen molar-refractivity contribution >= 4 is 21.4 Å². The molecule has 0 atom stereocenters. The van der Waals surface area contributed by atoms with E-state index in [2.05, 4.69) is 11.6 Å². The van der Waals surface area contributed by atoms with Crippen molar-refractivity contribution in [2.45, 2.75) is 38.3 Å². The number of hydrogen-bond acceptors (Lipinski definition) is 4. The van der Waals surface area contributed by atoms with Crippen molar-refractivity contribution in [1.82, 2.24) is 4.72 Å². The molecule has 0 aliphatic rings. The predicted molar refractivity (Wildman–Crippen MR) is 86.8 cm³/mol. The Morgan fingerprint density at radius 3 is 2.52 bits per heavy atom. The van der Waals surface area contributed by atoms with Crippen LogP contribution in [-0.2, 0) is 29.5 Å². The number of benzene rings is 1. The molecule has 6 heteroatoms. The van der Waals surface area contributed by atoms with Gasteiger partial charge in [-0.1, -0.05) is 19.1 Å². The molecule has 0 spiro atoms. The Bertz CT molecular complexity index is 721. The second kappa shape index (κ2) is 6.70. The van der Waals surface area contributed by atoms with Crippen LogP contribution >= 0.6 is 11.3 Å². The normalized spacial score (nSPS) is 11.8. The Kier molecular flexibility index (Phi) is 5.16. The molecule has 0 aliphatic heterocycles. The second-order valence-corrected chi connectivity index (χ2v) is 7.78. The van der Waals surface area contributed by atoms with Crippen molar-refractivity contribution in [2.75, 3.05) is 0 Å². The first kappa shape index (κ1) is 16.2. The number of aryl methyl sites for hydroxylation is 1. The Hall–Kier alpha value is -1.21. The summed E-state index contributed by atoms with van der Waals surface area (Å²) in [7, 11) is -3.52. The molecule has 0 unspecified atom stereocenters. The van der Waals surface area contributed by atoms with Crippen LogP contribution in [0.3, 0.4) is 0 Å². The standard InChI is InChI=1S/C15H20N2O2S2/c1-3-13-7-8-14(20-13)10-17-21(18,19)15-6-4-5-12(9-16)11(15)2/h4-8,17H,3,9-10,16H2,1-2H3. The van der Waals surface area contributed by atoms with Gasteiger partial charge in [-0.2, -0.15) is 0 Å². The molecule has 21 heavy (non-hydrogen) atoms. The van der Waals surface area contributed by atoms with E-state index in [1.165, 1.54) is 4.88 Å². The van der Waals surface area contributed by atoms with Crippen LogP contribution in [0.2, 0.25) is 0 Å². The minimum Gasteiger partial charge on any atom is -0.326 e. The number of sulfonamides is 1. The fourth-order valence-corrected chi connectivity index (χ4v) is 4.41. The molecule has 1 heterocycles. The number of rotatable bonds is 6. The Morgan fingerprint density at radius 1 is 1.19 bits per heavy atom. The van der Waals surface area contributed by atoms with Crippen LogP contribution in [0, 0.1) is 6.92 Å². The average molecular weight is 324 g/mol. The van der Waals surface area contributed by atoms with E-state index in [-0.39, 0.29) is 0 Å². The first-order chi connectivity index (χ1) is 9.97. The van der Waals surface area contributed by atoms with Crippen molar-refractivity contribution in [1.29, 1.82) is 0 Å². The highest BCUT2D eigenvalue weighted by Gasteiger charge is 2.18. The van der Waals surface area contributed by atoms with Gasteiger partial charge in [-0.05, 0) is 42.7 Å². The summed E-state index contributed by atoms with van der Waals surface area (Å²) >= 11 is 1.63. The maximum Gasteiger partial charge on any atom is 0.241 e. The van der Waals surface area contributed by atoms with Crippen molar-refractivity contribution in [3.8, 4) is 0 Å². The van der Waals surface area contributed by atoms with Gasteiger partial charge in [0.25, 0.3) is 0 Å². The summed E-state index contributed by atoms with van der Waals surface area (Å²) in [6, 6.07) is 9.19. The molecule has 0 fully saturated rings.